The highest BCUT2D eigenvalue weighted by Gasteiger charge is 2.33. The SMILES string of the molecule is O=C(CSc1ncccc1C(=O)O)Nc1ccc(Cl)c(C(F)(F)F)c1. The van der Waals surface area contributed by atoms with Gasteiger partial charge in [-0.3, -0.25) is 4.79 Å². The van der Waals surface area contributed by atoms with Gasteiger partial charge in [-0.05, 0) is 30.3 Å². The molecule has 1 aromatic carbocycles. The zero-order valence-corrected chi connectivity index (χ0v) is 13.9. The van der Waals surface area contributed by atoms with E-state index in [9.17, 15) is 22.8 Å². The van der Waals surface area contributed by atoms with Gasteiger partial charge in [0.2, 0.25) is 5.91 Å². The van der Waals surface area contributed by atoms with Crippen molar-refractivity contribution in [3.05, 3.63) is 52.7 Å². The average Bonchev–Trinajstić information content (AvgIpc) is 2.54. The number of rotatable bonds is 5. The summed E-state index contributed by atoms with van der Waals surface area (Å²) in [6.45, 7) is 0. The minimum absolute atomic E-state index is 0.0637. The summed E-state index contributed by atoms with van der Waals surface area (Å²) in [7, 11) is 0. The molecule has 0 unspecified atom stereocenters. The van der Waals surface area contributed by atoms with Gasteiger partial charge in [-0.15, -0.1) is 0 Å². The molecule has 0 aliphatic rings. The number of nitrogens with one attached hydrogen (secondary N) is 1. The van der Waals surface area contributed by atoms with Crippen LogP contribution in [0.2, 0.25) is 5.02 Å². The van der Waals surface area contributed by atoms with E-state index in [-0.39, 0.29) is 22.0 Å². The van der Waals surface area contributed by atoms with Gasteiger partial charge >= 0.3 is 12.1 Å². The van der Waals surface area contributed by atoms with Crippen molar-refractivity contribution in [2.75, 3.05) is 11.1 Å². The van der Waals surface area contributed by atoms with E-state index < -0.39 is 28.6 Å². The number of hydrogen-bond donors (Lipinski definition) is 2. The van der Waals surface area contributed by atoms with Crippen LogP contribution in [0.3, 0.4) is 0 Å². The molecule has 0 saturated heterocycles. The first-order chi connectivity index (χ1) is 11.7. The molecule has 132 valence electrons. The van der Waals surface area contributed by atoms with Crippen LogP contribution in [0.15, 0.2) is 41.6 Å². The molecule has 2 rings (SSSR count). The first-order valence-electron chi connectivity index (χ1n) is 6.66. The number of pyridine rings is 1. The molecule has 2 N–H and O–H groups in total. The number of carboxylic acids is 1. The molecule has 0 spiro atoms. The maximum atomic E-state index is 12.8. The maximum absolute atomic E-state index is 12.8. The number of amides is 1. The Bertz CT molecular complexity index is 815. The van der Waals surface area contributed by atoms with Crippen molar-refractivity contribution < 1.29 is 27.9 Å². The van der Waals surface area contributed by atoms with Crippen molar-refractivity contribution >= 4 is 40.9 Å². The summed E-state index contributed by atoms with van der Waals surface area (Å²) in [5.41, 5.74) is -1.19. The number of benzene rings is 1. The predicted molar refractivity (Wildman–Crippen MR) is 87.0 cm³/mol. The van der Waals surface area contributed by atoms with Gasteiger partial charge < -0.3 is 10.4 Å². The lowest BCUT2D eigenvalue weighted by Gasteiger charge is -2.11. The Labute approximate surface area is 149 Å². The van der Waals surface area contributed by atoms with Crippen molar-refractivity contribution in [2.45, 2.75) is 11.2 Å². The summed E-state index contributed by atoms with van der Waals surface area (Å²) >= 11 is 6.37. The van der Waals surface area contributed by atoms with Crippen molar-refractivity contribution in [1.82, 2.24) is 4.98 Å². The molecular weight excluding hydrogens is 381 g/mol. The second-order valence-corrected chi connectivity index (χ2v) is 6.06. The topological polar surface area (TPSA) is 79.3 Å². The summed E-state index contributed by atoms with van der Waals surface area (Å²) in [5.74, 6) is -2.02. The minimum atomic E-state index is -4.64. The van der Waals surface area contributed by atoms with Gasteiger partial charge in [0.05, 0.1) is 21.9 Å². The van der Waals surface area contributed by atoms with Gasteiger partial charge in [0.15, 0.2) is 0 Å². The fourth-order valence-electron chi connectivity index (χ4n) is 1.82. The monoisotopic (exact) mass is 390 g/mol. The number of carbonyl (C=O) groups is 2. The van der Waals surface area contributed by atoms with E-state index in [1.807, 2.05) is 0 Å². The molecule has 0 aliphatic heterocycles. The summed E-state index contributed by atoms with van der Waals surface area (Å²) < 4.78 is 38.4. The molecule has 0 saturated carbocycles. The van der Waals surface area contributed by atoms with Gasteiger partial charge in [0.1, 0.15) is 5.03 Å². The Morgan fingerprint density at radius 1 is 1.28 bits per heavy atom. The van der Waals surface area contributed by atoms with Crippen molar-refractivity contribution in [3.63, 3.8) is 0 Å². The zero-order valence-electron chi connectivity index (χ0n) is 12.3. The van der Waals surface area contributed by atoms with Crippen molar-refractivity contribution in [1.29, 1.82) is 0 Å². The van der Waals surface area contributed by atoms with E-state index >= 15 is 0 Å². The number of halogens is 4. The number of carbonyl (C=O) groups excluding carboxylic acids is 1. The number of nitrogens with zero attached hydrogens (tertiary/aromatic N) is 1. The number of carboxylic acid groups (broad SMARTS) is 1. The number of anilines is 1. The van der Waals surface area contributed by atoms with E-state index in [0.29, 0.717) is 0 Å². The van der Waals surface area contributed by atoms with E-state index in [4.69, 9.17) is 16.7 Å². The highest BCUT2D eigenvalue weighted by molar-refractivity contribution is 8.00. The molecule has 2 aromatic rings. The van der Waals surface area contributed by atoms with Gasteiger partial charge in [-0.2, -0.15) is 13.2 Å². The Balaban J connectivity index is 2.06. The normalized spacial score (nSPS) is 11.2. The molecule has 0 atom stereocenters. The van der Waals surface area contributed by atoms with E-state index in [2.05, 4.69) is 10.3 Å². The standard InChI is InChI=1S/C15H10ClF3N2O3S/c16-11-4-3-8(6-10(11)15(17,18)19)21-12(22)7-25-13-9(14(23)24)2-1-5-20-13/h1-6H,7H2,(H,21,22)(H,23,24). The van der Waals surface area contributed by atoms with Crippen LogP contribution in [-0.4, -0.2) is 27.7 Å². The van der Waals surface area contributed by atoms with Crippen LogP contribution in [0.25, 0.3) is 0 Å². The van der Waals surface area contributed by atoms with Crippen molar-refractivity contribution in [3.8, 4) is 0 Å². The fraction of sp³-hybridized carbons (Fsp3) is 0.133. The number of hydrogen-bond acceptors (Lipinski definition) is 4. The number of alkyl halides is 3. The Hall–Kier alpha value is -2.26. The maximum Gasteiger partial charge on any atom is 0.417 e. The van der Waals surface area contributed by atoms with Gasteiger partial charge in [-0.1, -0.05) is 23.4 Å². The number of thioether (sulfide) groups is 1. The highest BCUT2D eigenvalue weighted by Crippen LogP contribution is 2.36. The molecule has 0 radical (unpaired) electrons. The van der Waals surface area contributed by atoms with Gasteiger partial charge in [-0.25, -0.2) is 9.78 Å². The van der Waals surface area contributed by atoms with Gasteiger partial charge in [0.25, 0.3) is 0 Å². The van der Waals surface area contributed by atoms with Gasteiger partial charge in [0, 0.05) is 11.9 Å². The third-order valence-electron chi connectivity index (χ3n) is 2.90. The number of aromatic carboxylic acids is 1. The Morgan fingerprint density at radius 3 is 2.64 bits per heavy atom. The first kappa shape index (κ1) is 19.1. The highest BCUT2D eigenvalue weighted by atomic mass is 35.5. The third kappa shape index (κ3) is 5.10. The predicted octanol–water partition coefficient (Wildman–Crippen LogP) is 4.18. The molecule has 0 aliphatic carbocycles. The fourth-order valence-corrected chi connectivity index (χ4v) is 2.83. The Kier molecular flexibility index (Phi) is 5.91. The van der Waals surface area contributed by atoms with Crippen LogP contribution < -0.4 is 5.32 Å². The lowest BCUT2D eigenvalue weighted by molar-refractivity contribution is -0.137. The van der Waals surface area contributed by atoms with Crippen LogP contribution in [0.1, 0.15) is 15.9 Å². The molecule has 0 fully saturated rings. The van der Waals surface area contributed by atoms with E-state index in [1.54, 1.807) is 0 Å². The molecule has 1 heterocycles. The second kappa shape index (κ2) is 7.75. The molecule has 25 heavy (non-hydrogen) atoms. The van der Waals surface area contributed by atoms with E-state index in [0.717, 1.165) is 23.9 Å². The average molecular weight is 391 g/mol. The lowest BCUT2D eigenvalue weighted by Crippen LogP contribution is -2.15. The smallest absolute Gasteiger partial charge is 0.417 e. The molecule has 1 aromatic heterocycles. The molecule has 0 bridgehead atoms. The van der Waals surface area contributed by atoms with Crippen molar-refractivity contribution in [2.24, 2.45) is 0 Å². The zero-order chi connectivity index (χ0) is 18.6. The lowest BCUT2D eigenvalue weighted by atomic mass is 10.2. The molecule has 10 heteroatoms. The van der Waals surface area contributed by atoms with Crippen LogP contribution in [-0.2, 0) is 11.0 Å². The summed E-state index contributed by atoms with van der Waals surface area (Å²) in [5, 5.41) is 11.0. The summed E-state index contributed by atoms with van der Waals surface area (Å²) in [6, 6.07) is 5.79. The Morgan fingerprint density at radius 2 is 2.00 bits per heavy atom. The van der Waals surface area contributed by atoms with Crippen LogP contribution in [0.5, 0.6) is 0 Å². The molecule has 5 nitrogen and oxygen atoms in total. The molecular formula is C15H10ClF3N2O3S. The third-order valence-corrected chi connectivity index (χ3v) is 4.23. The second-order valence-electron chi connectivity index (χ2n) is 4.69. The van der Waals surface area contributed by atoms with E-state index in [1.165, 1.54) is 24.4 Å². The number of aromatic nitrogens is 1. The van der Waals surface area contributed by atoms with Crippen LogP contribution in [0.4, 0.5) is 18.9 Å². The first-order valence-corrected chi connectivity index (χ1v) is 8.02. The summed E-state index contributed by atoms with van der Waals surface area (Å²) in [6.07, 6.45) is -3.27. The largest absolute Gasteiger partial charge is 0.478 e. The summed E-state index contributed by atoms with van der Waals surface area (Å²) in [4.78, 5) is 26.8. The minimum Gasteiger partial charge on any atom is -0.478 e. The molecule has 1 amide bonds. The quantitative estimate of drug-likeness (QED) is 0.748. The van der Waals surface area contributed by atoms with Crippen LogP contribution in [0, 0.1) is 0 Å². The van der Waals surface area contributed by atoms with Crippen LogP contribution >= 0.6 is 23.4 Å².